The van der Waals surface area contributed by atoms with E-state index in [2.05, 4.69) is 15.9 Å². The molecule has 2 aliphatic carbocycles. The fraction of sp³-hybridized carbons (Fsp3) is 0.379. The van der Waals surface area contributed by atoms with Crippen LogP contribution in [0.15, 0.2) is 48.0 Å². The van der Waals surface area contributed by atoms with Crippen LogP contribution < -0.4 is 9.64 Å². The second-order valence-corrected chi connectivity index (χ2v) is 13.0. The number of nitrogens with zero attached hydrogens (tertiary/aromatic N) is 2. The number of imide groups is 2. The Morgan fingerprint density at radius 2 is 1.80 bits per heavy atom. The van der Waals surface area contributed by atoms with E-state index in [0.29, 0.717) is 16.3 Å². The molecule has 4 aliphatic rings. The van der Waals surface area contributed by atoms with Gasteiger partial charge in [-0.15, -0.1) is 23.2 Å². The van der Waals surface area contributed by atoms with Crippen LogP contribution in [-0.2, 0) is 19.2 Å². The number of hydrogen-bond acceptors (Lipinski definition) is 6. The van der Waals surface area contributed by atoms with Crippen molar-refractivity contribution in [3.63, 3.8) is 0 Å². The number of alkyl halides is 3. The molecule has 1 saturated carbocycles. The minimum atomic E-state index is -2.05. The molecule has 4 amide bonds. The summed E-state index contributed by atoms with van der Waals surface area (Å²) >= 11 is 24.0. The number of aryl methyl sites for hydroxylation is 1. The number of aromatic hydroxyl groups is 1. The first kappa shape index (κ1) is 28.5. The van der Waals surface area contributed by atoms with Gasteiger partial charge in [0.25, 0.3) is 11.8 Å². The first-order chi connectivity index (χ1) is 19.4. The lowest BCUT2D eigenvalue weighted by Gasteiger charge is -2.50. The monoisotopic (exact) mass is 680 g/mol. The minimum absolute atomic E-state index is 0.145. The molecule has 0 spiro atoms. The molecule has 2 heterocycles. The molecule has 2 aliphatic heterocycles. The van der Waals surface area contributed by atoms with Gasteiger partial charge in [0.1, 0.15) is 11.5 Å². The number of phenols is 1. The molecule has 41 heavy (non-hydrogen) atoms. The Hall–Kier alpha value is -2.59. The van der Waals surface area contributed by atoms with E-state index in [1.54, 1.807) is 36.4 Å². The van der Waals surface area contributed by atoms with E-state index in [9.17, 15) is 24.3 Å². The molecule has 6 unspecified atom stereocenters. The van der Waals surface area contributed by atoms with Crippen molar-refractivity contribution in [3.05, 3.63) is 64.2 Å². The molecule has 3 fully saturated rings. The molecule has 8 nitrogen and oxygen atoms in total. The summed E-state index contributed by atoms with van der Waals surface area (Å²) < 4.78 is 5.57. The van der Waals surface area contributed by atoms with E-state index < -0.39 is 51.1 Å². The number of anilines is 1. The summed E-state index contributed by atoms with van der Waals surface area (Å²) in [6, 6.07) is 9.60. The first-order valence-corrected chi connectivity index (χ1v) is 15.2. The lowest BCUT2D eigenvalue weighted by atomic mass is 9.56. The Kier molecular flexibility index (Phi) is 6.77. The van der Waals surface area contributed by atoms with E-state index in [-0.39, 0.29) is 41.3 Å². The van der Waals surface area contributed by atoms with Gasteiger partial charge in [-0.1, -0.05) is 51.3 Å². The number of fused-ring (bicyclic) bond motifs is 4. The van der Waals surface area contributed by atoms with Crippen LogP contribution in [0.1, 0.15) is 29.9 Å². The Labute approximate surface area is 259 Å². The zero-order valence-electron chi connectivity index (χ0n) is 21.9. The Morgan fingerprint density at radius 1 is 1.07 bits per heavy atom. The number of benzene rings is 2. The minimum Gasteiger partial charge on any atom is -0.508 e. The summed E-state index contributed by atoms with van der Waals surface area (Å²) in [5.41, 5.74) is 1.74. The number of rotatable bonds is 4. The number of hydrogen-bond donors (Lipinski definition) is 1. The number of ether oxygens (including phenoxy) is 1. The zero-order chi connectivity index (χ0) is 29.6. The van der Waals surface area contributed by atoms with Crippen molar-refractivity contribution in [1.29, 1.82) is 0 Å². The summed E-state index contributed by atoms with van der Waals surface area (Å²) in [6.07, 6.45) is 1.83. The Morgan fingerprint density at radius 3 is 2.46 bits per heavy atom. The fourth-order valence-electron chi connectivity index (χ4n) is 7.05. The molecule has 0 aromatic heterocycles. The summed E-state index contributed by atoms with van der Waals surface area (Å²) in [7, 11) is 1.41. The van der Waals surface area contributed by atoms with Crippen LogP contribution >= 0.6 is 50.7 Å². The van der Waals surface area contributed by atoms with Gasteiger partial charge in [0, 0.05) is 16.5 Å². The second kappa shape index (κ2) is 9.73. The highest BCUT2D eigenvalue weighted by molar-refractivity contribution is 9.09. The maximum Gasteiger partial charge on any atom is 0.254 e. The highest BCUT2D eigenvalue weighted by Gasteiger charge is 2.76. The number of carbonyl (C=O) groups excluding carboxylic acids is 4. The van der Waals surface area contributed by atoms with Crippen LogP contribution in [0.4, 0.5) is 5.69 Å². The van der Waals surface area contributed by atoms with Crippen LogP contribution in [0.25, 0.3) is 0 Å². The van der Waals surface area contributed by atoms with Crippen molar-refractivity contribution >= 4 is 80.0 Å². The maximum absolute atomic E-state index is 14.1. The Balaban J connectivity index is 1.55. The number of halogens is 4. The van der Waals surface area contributed by atoms with Gasteiger partial charge in [-0.25, -0.2) is 4.90 Å². The average molecular weight is 683 g/mol. The van der Waals surface area contributed by atoms with E-state index in [0.717, 1.165) is 15.4 Å². The van der Waals surface area contributed by atoms with Crippen LogP contribution in [0, 0.1) is 24.7 Å². The van der Waals surface area contributed by atoms with Crippen molar-refractivity contribution < 1.29 is 29.0 Å². The molecular formula is C29H24BrCl3N2O6. The van der Waals surface area contributed by atoms with Gasteiger partial charge < -0.3 is 9.84 Å². The van der Waals surface area contributed by atoms with Gasteiger partial charge in [0.2, 0.25) is 11.8 Å². The Bertz CT molecular complexity index is 1580. The summed E-state index contributed by atoms with van der Waals surface area (Å²) in [4.78, 5) is 53.5. The number of amides is 4. The van der Waals surface area contributed by atoms with Gasteiger partial charge in [0.15, 0.2) is 9.75 Å². The van der Waals surface area contributed by atoms with E-state index >= 15 is 0 Å². The van der Waals surface area contributed by atoms with Crippen molar-refractivity contribution in [2.75, 3.05) is 17.5 Å². The lowest BCUT2D eigenvalue weighted by molar-refractivity contribution is -0.138. The summed E-state index contributed by atoms with van der Waals surface area (Å²) in [6.45, 7) is 1.82. The molecule has 6 rings (SSSR count). The summed E-state index contributed by atoms with van der Waals surface area (Å²) in [5.74, 6) is -5.70. The van der Waals surface area contributed by atoms with E-state index in [1.807, 2.05) is 6.92 Å². The molecule has 0 bridgehead atoms. The van der Waals surface area contributed by atoms with Gasteiger partial charge in [-0.05, 0) is 55.5 Å². The average Bonchev–Trinajstić information content (AvgIpc) is 3.28. The van der Waals surface area contributed by atoms with Gasteiger partial charge in [0.05, 0.1) is 30.1 Å². The molecule has 2 aromatic rings. The number of methoxy groups -OCH3 is 1. The largest absolute Gasteiger partial charge is 0.508 e. The molecule has 214 valence electrons. The zero-order valence-corrected chi connectivity index (χ0v) is 25.7. The van der Waals surface area contributed by atoms with Crippen LogP contribution in [0.3, 0.4) is 0 Å². The topological polar surface area (TPSA) is 104 Å². The standard InChI is InChI=1S/C29H24BrCl3N2O6/c1-13-6-7-14(10-18(13)31)35-24(37)16-9-8-15-17(21(16)25(35)38)11-28(32)26(39)34(12-30)27(40)29(28,33)23(15)22-19(36)4-3-5-20(22)41-2/h3-8,10,16-17,21,23,36H,9,11-12H2,1-2H3. The predicted octanol–water partition coefficient (Wildman–Crippen LogP) is 5.28. The fourth-order valence-corrected chi connectivity index (χ4v) is 8.63. The first-order valence-electron chi connectivity index (χ1n) is 12.9. The van der Waals surface area contributed by atoms with Crippen molar-refractivity contribution in [2.45, 2.75) is 35.4 Å². The molecule has 1 N–H and O–H groups in total. The smallest absolute Gasteiger partial charge is 0.254 e. The third-order valence-corrected chi connectivity index (χ3v) is 11.3. The van der Waals surface area contributed by atoms with Crippen molar-refractivity contribution in [2.24, 2.45) is 17.8 Å². The predicted molar refractivity (Wildman–Crippen MR) is 157 cm³/mol. The number of carbonyl (C=O) groups is 4. The summed E-state index contributed by atoms with van der Waals surface area (Å²) in [5, 5.41) is 11.5. The normalized spacial score (nSPS) is 32.6. The van der Waals surface area contributed by atoms with Crippen LogP contribution in [0.2, 0.25) is 5.02 Å². The quantitative estimate of drug-likeness (QED) is 0.204. The van der Waals surface area contributed by atoms with Crippen molar-refractivity contribution in [1.82, 2.24) is 4.90 Å². The lowest BCUT2D eigenvalue weighted by Crippen LogP contribution is -2.60. The number of allylic oxidation sites excluding steroid dienone is 2. The molecular weight excluding hydrogens is 659 g/mol. The third kappa shape index (κ3) is 3.65. The van der Waals surface area contributed by atoms with Crippen LogP contribution in [0.5, 0.6) is 11.5 Å². The van der Waals surface area contributed by atoms with E-state index in [4.69, 9.17) is 39.5 Å². The number of likely N-dealkylation sites (tertiary alicyclic amines) is 1. The van der Waals surface area contributed by atoms with Gasteiger partial charge in [-0.2, -0.15) is 0 Å². The highest BCUT2D eigenvalue weighted by Crippen LogP contribution is 2.67. The second-order valence-electron chi connectivity index (χ2n) is 10.8. The van der Waals surface area contributed by atoms with E-state index in [1.165, 1.54) is 13.2 Å². The third-order valence-electron chi connectivity index (χ3n) is 8.98. The highest BCUT2D eigenvalue weighted by atomic mass is 79.9. The molecule has 2 aromatic carbocycles. The van der Waals surface area contributed by atoms with Crippen LogP contribution in [-0.4, -0.2) is 55.9 Å². The molecule has 0 radical (unpaired) electrons. The van der Waals surface area contributed by atoms with Gasteiger partial charge >= 0.3 is 0 Å². The SMILES string of the molecule is COc1cccc(O)c1C1C2=CCC3C(=O)N(c4ccc(C)c(Cl)c4)C(=O)C3C2CC2(Cl)C(=O)N(CBr)C(=O)C12Cl. The van der Waals surface area contributed by atoms with Crippen molar-refractivity contribution in [3.8, 4) is 11.5 Å². The van der Waals surface area contributed by atoms with Gasteiger partial charge in [-0.3, -0.25) is 24.1 Å². The maximum atomic E-state index is 14.1. The molecule has 12 heteroatoms. The number of phenolic OH excluding ortho intramolecular Hbond substituents is 1. The molecule has 2 saturated heterocycles. The molecule has 6 atom stereocenters.